The number of hydrogen-bond acceptors (Lipinski definition) is 3. The highest BCUT2D eigenvalue weighted by Crippen LogP contribution is 2.41. The molecule has 1 unspecified atom stereocenters. The van der Waals surface area contributed by atoms with Crippen LogP contribution in [0, 0.1) is 11.3 Å². The van der Waals surface area contributed by atoms with E-state index in [4.69, 9.17) is 4.74 Å². The standard InChI is InChI=1S/C15H26O2S/c1-14(2,3)13(16)10-12-4-7-17-15(11-12)5-8-18-9-6-15/h12H,4-11H2,1-3H3. The molecule has 2 saturated heterocycles. The van der Waals surface area contributed by atoms with Gasteiger partial charge in [-0.1, -0.05) is 20.8 Å². The molecule has 0 aromatic carbocycles. The van der Waals surface area contributed by atoms with Crippen molar-refractivity contribution in [3.05, 3.63) is 0 Å². The van der Waals surface area contributed by atoms with Crippen molar-refractivity contribution in [3.8, 4) is 0 Å². The quantitative estimate of drug-likeness (QED) is 0.765. The summed E-state index contributed by atoms with van der Waals surface area (Å²) in [5.41, 5.74) is -0.0692. The maximum atomic E-state index is 12.2. The van der Waals surface area contributed by atoms with E-state index in [1.54, 1.807) is 0 Å². The number of rotatable bonds is 2. The molecule has 2 heterocycles. The Labute approximate surface area is 115 Å². The van der Waals surface area contributed by atoms with Gasteiger partial charge in [0.15, 0.2) is 0 Å². The van der Waals surface area contributed by atoms with E-state index in [9.17, 15) is 4.79 Å². The van der Waals surface area contributed by atoms with E-state index in [0.29, 0.717) is 11.7 Å². The van der Waals surface area contributed by atoms with Gasteiger partial charge in [-0.3, -0.25) is 4.79 Å². The summed E-state index contributed by atoms with van der Waals surface area (Å²) in [6.07, 6.45) is 5.28. The maximum absolute atomic E-state index is 12.2. The lowest BCUT2D eigenvalue weighted by atomic mass is 9.77. The molecular formula is C15H26O2S. The summed E-state index contributed by atoms with van der Waals surface area (Å²) in [5.74, 6) is 3.41. The SMILES string of the molecule is CC(C)(C)C(=O)CC1CCOC2(CCSCC2)C1. The van der Waals surface area contributed by atoms with Crippen LogP contribution in [0.5, 0.6) is 0 Å². The largest absolute Gasteiger partial charge is 0.375 e. The minimum atomic E-state index is -0.187. The van der Waals surface area contributed by atoms with Crippen molar-refractivity contribution in [2.75, 3.05) is 18.1 Å². The van der Waals surface area contributed by atoms with Crippen molar-refractivity contribution in [2.45, 2.75) is 58.5 Å². The fourth-order valence-corrected chi connectivity index (χ4v) is 4.20. The highest BCUT2D eigenvalue weighted by atomic mass is 32.2. The Balaban J connectivity index is 1.92. The van der Waals surface area contributed by atoms with Crippen LogP contribution in [-0.4, -0.2) is 29.5 Å². The van der Waals surface area contributed by atoms with Gasteiger partial charge in [-0.05, 0) is 43.1 Å². The van der Waals surface area contributed by atoms with Crippen LogP contribution in [0.1, 0.15) is 52.9 Å². The number of hydrogen-bond donors (Lipinski definition) is 0. The summed E-state index contributed by atoms with van der Waals surface area (Å²) >= 11 is 2.03. The number of carbonyl (C=O) groups excluding carboxylic acids is 1. The van der Waals surface area contributed by atoms with Gasteiger partial charge in [-0.2, -0.15) is 11.8 Å². The Morgan fingerprint density at radius 2 is 2.00 bits per heavy atom. The van der Waals surface area contributed by atoms with Crippen LogP contribution in [0.3, 0.4) is 0 Å². The summed E-state index contributed by atoms with van der Waals surface area (Å²) in [6.45, 7) is 6.94. The van der Waals surface area contributed by atoms with Gasteiger partial charge in [0.1, 0.15) is 5.78 Å². The average Bonchev–Trinajstić information content (AvgIpc) is 2.28. The first kappa shape index (κ1) is 14.4. The van der Waals surface area contributed by atoms with Crippen molar-refractivity contribution in [1.82, 2.24) is 0 Å². The van der Waals surface area contributed by atoms with E-state index in [1.807, 2.05) is 32.5 Å². The third-order valence-corrected chi connectivity index (χ3v) is 5.30. The third kappa shape index (κ3) is 3.51. The normalized spacial score (nSPS) is 28.3. The van der Waals surface area contributed by atoms with E-state index in [-0.39, 0.29) is 11.0 Å². The first-order chi connectivity index (χ1) is 8.41. The predicted molar refractivity (Wildman–Crippen MR) is 77.0 cm³/mol. The van der Waals surface area contributed by atoms with E-state index in [2.05, 4.69) is 0 Å². The molecule has 1 atom stereocenters. The molecule has 2 aliphatic heterocycles. The lowest BCUT2D eigenvalue weighted by Gasteiger charge is -2.43. The highest BCUT2D eigenvalue weighted by molar-refractivity contribution is 7.99. The Kier molecular flexibility index (Phi) is 4.43. The monoisotopic (exact) mass is 270 g/mol. The van der Waals surface area contributed by atoms with Crippen LogP contribution in [0.15, 0.2) is 0 Å². The number of ketones is 1. The molecule has 0 saturated carbocycles. The van der Waals surface area contributed by atoms with Crippen LogP contribution in [-0.2, 0) is 9.53 Å². The molecule has 0 bridgehead atoms. The molecule has 2 nitrogen and oxygen atoms in total. The molecular weight excluding hydrogens is 244 g/mol. The summed E-state index contributed by atoms with van der Waals surface area (Å²) in [7, 11) is 0. The molecule has 0 aliphatic carbocycles. The van der Waals surface area contributed by atoms with Crippen LogP contribution in [0.2, 0.25) is 0 Å². The molecule has 2 rings (SSSR count). The van der Waals surface area contributed by atoms with Gasteiger partial charge >= 0.3 is 0 Å². The number of ether oxygens (including phenoxy) is 1. The minimum absolute atomic E-state index is 0.117. The Morgan fingerprint density at radius 1 is 1.33 bits per heavy atom. The first-order valence-electron chi connectivity index (χ1n) is 7.16. The second kappa shape index (κ2) is 5.54. The van der Waals surface area contributed by atoms with Gasteiger partial charge in [0.2, 0.25) is 0 Å². The molecule has 0 aromatic rings. The van der Waals surface area contributed by atoms with Gasteiger partial charge in [0.05, 0.1) is 5.60 Å². The van der Waals surface area contributed by atoms with Gasteiger partial charge < -0.3 is 4.74 Å². The van der Waals surface area contributed by atoms with Crippen LogP contribution in [0.4, 0.5) is 0 Å². The topological polar surface area (TPSA) is 26.3 Å². The number of carbonyl (C=O) groups is 1. The molecule has 3 heteroatoms. The van der Waals surface area contributed by atoms with E-state index in [0.717, 1.165) is 25.9 Å². The number of thioether (sulfide) groups is 1. The second-order valence-corrected chi connectivity index (χ2v) is 8.10. The molecule has 2 fully saturated rings. The molecule has 0 N–H and O–H groups in total. The molecule has 0 aromatic heterocycles. The van der Waals surface area contributed by atoms with Gasteiger partial charge in [0, 0.05) is 18.4 Å². The summed E-state index contributed by atoms with van der Waals surface area (Å²) in [6, 6.07) is 0. The lowest BCUT2D eigenvalue weighted by molar-refractivity contribution is -0.132. The molecule has 104 valence electrons. The molecule has 2 aliphatic rings. The zero-order chi connectivity index (χ0) is 13.2. The van der Waals surface area contributed by atoms with Crippen molar-refractivity contribution in [1.29, 1.82) is 0 Å². The highest BCUT2D eigenvalue weighted by Gasteiger charge is 2.39. The molecule has 18 heavy (non-hydrogen) atoms. The van der Waals surface area contributed by atoms with E-state index in [1.165, 1.54) is 24.3 Å². The van der Waals surface area contributed by atoms with Crippen molar-refractivity contribution in [3.63, 3.8) is 0 Å². The van der Waals surface area contributed by atoms with Crippen molar-refractivity contribution < 1.29 is 9.53 Å². The van der Waals surface area contributed by atoms with Crippen molar-refractivity contribution in [2.24, 2.45) is 11.3 Å². The summed E-state index contributed by atoms with van der Waals surface area (Å²) < 4.78 is 6.08. The predicted octanol–water partition coefficient (Wildman–Crippen LogP) is 3.68. The lowest BCUT2D eigenvalue weighted by Crippen LogP contribution is -2.43. The fraction of sp³-hybridized carbons (Fsp3) is 0.933. The molecule has 0 radical (unpaired) electrons. The maximum Gasteiger partial charge on any atom is 0.138 e. The van der Waals surface area contributed by atoms with Gasteiger partial charge in [0.25, 0.3) is 0 Å². The third-order valence-electron chi connectivity index (χ3n) is 4.31. The van der Waals surface area contributed by atoms with Crippen LogP contribution >= 0.6 is 11.8 Å². The average molecular weight is 270 g/mol. The Morgan fingerprint density at radius 3 is 2.61 bits per heavy atom. The molecule has 1 spiro atoms. The van der Waals surface area contributed by atoms with Gasteiger partial charge in [-0.15, -0.1) is 0 Å². The summed E-state index contributed by atoms with van der Waals surface area (Å²) in [4.78, 5) is 12.2. The Hall–Kier alpha value is -0.0200. The van der Waals surface area contributed by atoms with Crippen LogP contribution < -0.4 is 0 Å². The smallest absolute Gasteiger partial charge is 0.138 e. The zero-order valence-electron chi connectivity index (χ0n) is 12.0. The summed E-state index contributed by atoms with van der Waals surface area (Å²) in [5, 5.41) is 0. The first-order valence-corrected chi connectivity index (χ1v) is 8.32. The van der Waals surface area contributed by atoms with E-state index < -0.39 is 0 Å². The van der Waals surface area contributed by atoms with Gasteiger partial charge in [-0.25, -0.2) is 0 Å². The van der Waals surface area contributed by atoms with Crippen molar-refractivity contribution >= 4 is 17.5 Å². The van der Waals surface area contributed by atoms with Crippen LogP contribution in [0.25, 0.3) is 0 Å². The van der Waals surface area contributed by atoms with E-state index >= 15 is 0 Å². The number of Topliss-reactive ketones (excluding diaryl/α,β-unsaturated/α-hetero) is 1. The Bertz CT molecular complexity index is 295. The minimum Gasteiger partial charge on any atom is -0.375 e. The zero-order valence-corrected chi connectivity index (χ0v) is 12.8. The second-order valence-electron chi connectivity index (χ2n) is 6.88. The fourth-order valence-electron chi connectivity index (χ4n) is 2.96. The molecule has 0 amide bonds.